The van der Waals surface area contributed by atoms with Gasteiger partial charge in [-0.2, -0.15) is 0 Å². The van der Waals surface area contributed by atoms with Gasteiger partial charge in [0.05, 0.1) is 0 Å². The van der Waals surface area contributed by atoms with Gasteiger partial charge in [0, 0.05) is 36.8 Å². The summed E-state index contributed by atoms with van der Waals surface area (Å²) in [6.45, 7) is 3.89. The second kappa shape index (κ2) is 7.49. The van der Waals surface area contributed by atoms with E-state index < -0.39 is 5.91 Å². The van der Waals surface area contributed by atoms with Crippen LogP contribution in [-0.2, 0) is 11.2 Å². The van der Waals surface area contributed by atoms with E-state index in [-0.39, 0.29) is 5.91 Å². The van der Waals surface area contributed by atoms with Crippen LogP contribution in [0.15, 0.2) is 48.5 Å². The van der Waals surface area contributed by atoms with Crippen molar-refractivity contribution < 1.29 is 9.59 Å². The number of nitrogens with one attached hydrogen (secondary N) is 1. The standard InChI is InChI=1S/C20H23N3O2/c1-14-18-5-3-2-4-15(18)10-12-23(14)13-11-19(24)22-17-8-6-16(7-9-17)20(21)25/h2-9,14H,10-13H2,1H3,(H2,21,25)(H,22,24). The molecule has 0 aliphatic carbocycles. The fraction of sp³-hybridized carbons (Fsp3) is 0.300. The number of carbonyl (C=O) groups is 2. The molecule has 5 heteroatoms. The number of amides is 2. The van der Waals surface area contributed by atoms with Gasteiger partial charge in [0.15, 0.2) is 0 Å². The zero-order chi connectivity index (χ0) is 17.8. The van der Waals surface area contributed by atoms with E-state index in [1.807, 2.05) is 0 Å². The lowest BCUT2D eigenvalue weighted by molar-refractivity contribution is -0.116. The average molecular weight is 337 g/mol. The molecule has 0 bridgehead atoms. The van der Waals surface area contributed by atoms with Gasteiger partial charge in [-0.3, -0.25) is 14.5 Å². The Labute approximate surface area is 147 Å². The van der Waals surface area contributed by atoms with Crippen LogP contribution in [0.3, 0.4) is 0 Å². The SMILES string of the molecule is CC1c2ccccc2CCN1CCC(=O)Nc1ccc(C(N)=O)cc1. The van der Waals surface area contributed by atoms with Crippen LogP contribution in [0.2, 0.25) is 0 Å². The third-order valence-corrected chi connectivity index (χ3v) is 4.80. The van der Waals surface area contributed by atoms with Crippen molar-refractivity contribution in [1.29, 1.82) is 0 Å². The Morgan fingerprint density at radius 2 is 1.88 bits per heavy atom. The molecule has 1 aliphatic heterocycles. The summed E-state index contributed by atoms with van der Waals surface area (Å²) in [5.41, 5.74) is 9.08. The molecular weight excluding hydrogens is 314 g/mol. The van der Waals surface area contributed by atoms with Crippen molar-refractivity contribution in [1.82, 2.24) is 4.90 Å². The molecule has 1 heterocycles. The van der Waals surface area contributed by atoms with Crippen LogP contribution >= 0.6 is 0 Å². The van der Waals surface area contributed by atoms with Gasteiger partial charge < -0.3 is 11.1 Å². The predicted molar refractivity (Wildman–Crippen MR) is 98.3 cm³/mol. The summed E-state index contributed by atoms with van der Waals surface area (Å²) in [5.74, 6) is -0.505. The zero-order valence-electron chi connectivity index (χ0n) is 14.4. The van der Waals surface area contributed by atoms with Crippen molar-refractivity contribution in [2.24, 2.45) is 5.73 Å². The number of carbonyl (C=O) groups excluding carboxylic acids is 2. The van der Waals surface area contributed by atoms with E-state index in [9.17, 15) is 9.59 Å². The van der Waals surface area contributed by atoms with Gasteiger partial charge >= 0.3 is 0 Å². The van der Waals surface area contributed by atoms with Gasteiger partial charge in [0.1, 0.15) is 0 Å². The molecular formula is C20H23N3O2. The normalized spacial score (nSPS) is 16.9. The Hall–Kier alpha value is -2.66. The predicted octanol–water partition coefficient (Wildman–Crippen LogP) is 2.73. The highest BCUT2D eigenvalue weighted by atomic mass is 16.2. The summed E-state index contributed by atoms with van der Waals surface area (Å²) in [5, 5.41) is 2.86. The van der Waals surface area contributed by atoms with Crippen molar-refractivity contribution in [3.63, 3.8) is 0 Å². The number of anilines is 1. The van der Waals surface area contributed by atoms with Crippen LogP contribution in [0.1, 0.15) is 40.9 Å². The number of hydrogen-bond donors (Lipinski definition) is 2. The molecule has 1 unspecified atom stereocenters. The molecule has 0 saturated carbocycles. The number of benzene rings is 2. The molecule has 2 aromatic rings. The Balaban J connectivity index is 1.53. The topological polar surface area (TPSA) is 75.4 Å². The van der Waals surface area contributed by atoms with E-state index in [0.29, 0.717) is 23.7 Å². The summed E-state index contributed by atoms with van der Waals surface area (Å²) < 4.78 is 0. The number of rotatable bonds is 5. The first-order valence-electron chi connectivity index (χ1n) is 8.56. The van der Waals surface area contributed by atoms with Crippen molar-refractivity contribution in [3.05, 3.63) is 65.2 Å². The van der Waals surface area contributed by atoms with E-state index in [1.165, 1.54) is 11.1 Å². The van der Waals surface area contributed by atoms with Crippen molar-refractivity contribution in [2.45, 2.75) is 25.8 Å². The first kappa shape index (κ1) is 17.2. The molecule has 0 fully saturated rings. The Morgan fingerprint density at radius 1 is 1.16 bits per heavy atom. The van der Waals surface area contributed by atoms with Gasteiger partial charge in [-0.05, 0) is 48.7 Å². The van der Waals surface area contributed by atoms with E-state index in [2.05, 4.69) is 41.4 Å². The molecule has 1 atom stereocenters. The molecule has 0 radical (unpaired) electrons. The van der Waals surface area contributed by atoms with Gasteiger partial charge in [-0.1, -0.05) is 24.3 Å². The van der Waals surface area contributed by atoms with Crippen molar-refractivity contribution in [3.8, 4) is 0 Å². The average Bonchev–Trinajstić information content (AvgIpc) is 2.62. The minimum Gasteiger partial charge on any atom is -0.366 e. The van der Waals surface area contributed by atoms with Crippen LogP contribution in [0.25, 0.3) is 0 Å². The van der Waals surface area contributed by atoms with Gasteiger partial charge in [-0.25, -0.2) is 0 Å². The molecule has 5 nitrogen and oxygen atoms in total. The molecule has 0 aromatic heterocycles. The number of primary amides is 1. The lowest BCUT2D eigenvalue weighted by Crippen LogP contribution is -2.36. The van der Waals surface area contributed by atoms with Gasteiger partial charge in [-0.15, -0.1) is 0 Å². The summed E-state index contributed by atoms with van der Waals surface area (Å²) in [6.07, 6.45) is 1.46. The molecule has 2 amide bonds. The molecule has 3 N–H and O–H groups in total. The monoisotopic (exact) mass is 337 g/mol. The lowest BCUT2D eigenvalue weighted by Gasteiger charge is -2.35. The summed E-state index contributed by atoms with van der Waals surface area (Å²) >= 11 is 0. The maximum absolute atomic E-state index is 12.2. The molecule has 0 saturated heterocycles. The Bertz CT molecular complexity index is 771. The maximum atomic E-state index is 12.2. The Morgan fingerprint density at radius 3 is 2.60 bits per heavy atom. The Kier molecular flexibility index (Phi) is 5.14. The summed E-state index contributed by atoms with van der Waals surface area (Å²) in [7, 11) is 0. The van der Waals surface area contributed by atoms with Crippen LogP contribution in [0.4, 0.5) is 5.69 Å². The largest absolute Gasteiger partial charge is 0.366 e. The van der Waals surface area contributed by atoms with Gasteiger partial charge in [0.2, 0.25) is 11.8 Å². The number of fused-ring (bicyclic) bond motifs is 1. The van der Waals surface area contributed by atoms with Gasteiger partial charge in [0.25, 0.3) is 0 Å². The third-order valence-electron chi connectivity index (χ3n) is 4.80. The second-order valence-corrected chi connectivity index (χ2v) is 6.40. The molecule has 25 heavy (non-hydrogen) atoms. The van der Waals surface area contributed by atoms with Crippen LogP contribution in [0, 0.1) is 0 Å². The fourth-order valence-corrected chi connectivity index (χ4v) is 3.32. The molecule has 3 rings (SSSR count). The smallest absolute Gasteiger partial charge is 0.248 e. The number of nitrogens with two attached hydrogens (primary N) is 1. The van der Waals surface area contributed by atoms with E-state index in [4.69, 9.17) is 5.73 Å². The summed E-state index contributed by atoms with van der Waals surface area (Å²) in [4.78, 5) is 25.6. The third kappa shape index (κ3) is 4.06. The van der Waals surface area contributed by atoms with Crippen LogP contribution < -0.4 is 11.1 Å². The van der Waals surface area contributed by atoms with E-state index in [0.717, 1.165) is 19.5 Å². The van der Waals surface area contributed by atoms with E-state index in [1.54, 1.807) is 24.3 Å². The minimum absolute atomic E-state index is 0.0297. The van der Waals surface area contributed by atoms with Crippen LogP contribution in [0.5, 0.6) is 0 Å². The minimum atomic E-state index is -0.475. The van der Waals surface area contributed by atoms with Crippen molar-refractivity contribution in [2.75, 3.05) is 18.4 Å². The zero-order valence-corrected chi connectivity index (χ0v) is 14.4. The number of nitrogens with zero attached hydrogens (tertiary/aromatic N) is 1. The van der Waals surface area contributed by atoms with Crippen LogP contribution in [-0.4, -0.2) is 29.8 Å². The van der Waals surface area contributed by atoms with E-state index >= 15 is 0 Å². The molecule has 130 valence electrons. The number of hydrogen-bond acceptors (Lipinski definition) is 3. The maximum Gasteiger partial charge on any atom is 0.248 e. The molecule has 2 aromatic carbocycles. The van der Waals surface area contributed by atoms with Crippen molar-refractivity contribution >= 4 is 17.5 Å². The molecule has 0 spiro atoms. The lowest BCUT2D eigenvalue weighted by atomic mass is 9.93. The first-order chi connectivity index (χ1) is 12.0. The highest BCUT2D eigenvalue weighted by Crippen LogP contribution is 2.29. The highest BCUT2D eigenvalue weighted by Gasteiger charge is 2.23. The fourth-order valence-electron chi connectivity index (χ4n) is 3.32. The first-order valence-corrected chi connectivity index (χ1v) is 8.56. The quantitative estimate of drug-likeness (QED) is 0.881. The molecule has 1 aliphatic rings. The summed E-state index contributed by atoms with van der Waals surface area (Å²) in [6, 6.07) is 15.4. The highest BCUT2D eigenvalue weighted by molar-refractivity contribution is 5.94. The second-order valence-electron chi connectivity index (χ2n) is 6.40.